The molecule has 0 spiro atoms. The highest BCUT2D eigenvalue weighted by Gasteiger charge is 2.36. The van der Waals surface area contributed by atoms with Gasteiger partial charge in [0.25, 0.3) is 0 Å². The van der Waals surface area contributed by atoms with Crippen molar-refractivity contribution in [3.63, 3.8) is 0 Å². The Morgan fingerprint density at radius 1 is 0.605 bits per heavy atom. The van der Waals surface area contributed by atoms with E-state index in [1.807, 2.05) is 24.3 Å². The maximum Gasteiger partial charge on any atom is 0.136 e. The summed E-state index contributed by atoms with van der Waals surface area (Å²) in [6.45, 7) is 4.58. The predicted molar refractivity (Wildman–Crippen MR) is 176 cm³/mol. The Labute approximate surface area is 248 Å². The van der Waals surface area contributed by atoms with Crippen LogP contribution >= 0.6 is 0 Å². The Balaban J connectivity index is 1.40. The molecule has 9 rings (SSSR count). The smallest absolute Gasteiger partial charge is 0.136 e. The molecule has 1 aliphatic rings. The molecule has 8 aromatic rings. The molecule has 0 amide bonds. The van der Waals surface area contributed by atoms with Crippen molar-refractivity contribution in [1.29, 1.82) is 5.26 Å². The lowest BCUT2D eigenvalue weighted by Gasteiger charge is -2.21. The molecular formula is C40H26N2O. The third-order valence-electron chi connectivity index (χ3n) is 9.45. The number of nitrogens with zero attached hydrogens (tertiary/aromatic N) is 2. The van der Waals surface area contributed by atoms with Crippen LogP contribution in [0.15, 0.2) is 126 Å². The quantitative estimate of drug-likeness (QED) is 0.215. The molecule has 0 atom stereocenters. The van der Waals surface area contributed by atoms with Crippen LogP contribution in [0, 0.1) is 11.3 Å². The summed E-state index contributed by atoms with van der Waals surface area (Å²) in [5.41, 5.74) is 12.5. The van der Waals surface area contributed by atoms with Gasteiger partial charge >= 0.3 is 0 Å². The largest absolute Gasteiger partial charge is 0.456 e. The summed E-state index contributed by atoms with van der Waals surface area (Å²) in [6.07, 6.45) is 0. The fourth-order valence-corrected chi connectivity index (χ4v) is 7.51. The fourth-order valence-electron chi connectivity index (χ4n) is 7.51. The van der Waals surface area contributed by atoms with E-state index in [2.05, 4.69) is 122 Å². The van der Waals surface area contributed by atoms with E-state index in [1.54, 1.807) is 0 Å². The normalized spacial score (nSPS) is 13.5. The van der Waals surface area contributed by atoms with Crippen LogP contribution in [0.5, 0.6) is 0 Å². The highest BCUT2D eigenvalue weighted by molar-refractivity contribution is 6.16. The van der Waals surface area contributed by atoms with Gasteiger partial charge in [0.15, 0.2) is 0 Å². The number of fused-ring (bicyclic) bond motifs is 9. The zero-order valence-corrected chi connectivity index (χ0v) is 23.8. The molecule has 1 aliphatic carbocycles. The van der Waals surface area contributed by atoms with Gasteiger partial charge in [0, 0.05) is 32.5 Å². The minimum atomic E-state index is -0.112. The highest BCUT2D eigenvalue weighted by atomic mass is 16.3. The van der Waals surface area contributed by atoms with E-state index >= 15 is 0 Å². The van der Waals surface area contributed by atoms with Gasteiger partial charge in [-0.15, -0.1) is 0 Å². The minimum Gasteiger partial charge on any atom is -0.456 e. The molecule has 3 nitrogen and oxygen atoms in total. The van der Waals surface area contributed by atoms with Gasteiger partial charge in [0.1, 0.15) is 11.2 Å². The predicted octanol–water partition coefficient (Wildman–Crippen LogP) is 10.5. The fraction of sp³-hybridized carbons (Fsp3) is 0.0750. The van der Waals surface area contributed by atoms with E-state index in [9.17, 15) is 5.26 Å². The first kappa shape index (κ1) is 24.1. The van der Waals surface area contributed by atoms with Gasteiger partial charge in [0.2, 0.25) is 0 Å². The van der Waals surface area contributed by atoms with Crippen LogP contribution in [-0.2, 0) is 5.41 Å². The second-order valence-electron chi connectivity index (χ2n) is 12.0. The van der Waals surface area contributed by atoms with E-state index in [-0.39, 0.29) is 5.41 Å². The minimum absolute atomic E-state index is 0.112. The van der Waals surface area contributed by atoms with Crippen LogP contribution < -0.4 is 0 Å². The highest BCUT2D eigenvalue weighted by Crippen LogP contribution is 2.51. The lowest BCUT2D eigenvalue weighted by atomic mass is 9.82. The molecule has 202 valence electrons. The zero-order chi connectivity index (χ0) is 28.9. The number of aromatic nitrogens is 1. The molecule has 3 heteroatoms. The molecule has 2 heterocycles. The standard InChI is InChI=1S/C40H26N2O/c1-40(2)31-16-6-3-12-25(31)29-21-30-37(22-32(29)40)43-36-20-10-15-28(39(30)36)38-24(23-41)11-9-19-35(38)42-33-17-7-4-13-26(33)27-14-5-8-18-34(27)42/h3-22H,1-2H3. The second kappa shape index (κ2) is 8.47. The maximum absolute atomic E-state index is 10.5. The lowest BCUT2D eigenvalue weighted by molar-refractivity contribution is 0.647. The van der Waals surface area contributed by atoms with Crippen molar-refractivity contribution < 1.29 is 4.42 Å². The van der Waals surface area contributed by atoms with Crippen LogP contribution in [0.4, 0.5) is 0 Å². The summed E-state index contributed by atoms with van der Waals surface area (Å²) < 4.78 is 8.89. The first-order chi connectivity index (χ1) is 21.1. The van der Waals surface area contributed by atoms with Crippen molar-refractivity contribution >= 4 is 43.7 Å². The summed E-state index contributed by atoms with van der Waals surface area (Å²) >= 11 is 0. The van der Waals surface area contributed by atoms with Crippen molar-refractivity contribution in [2.45, 2.75) is 19.3 Å². The van der Waals surface area contributed by atoms with E-state index in [0.717, 1.165) is 49.8 Å². The SMILES string of the molecule is CC1(C)c2ccccc2-c2cc3c(cc21)oc1cccc(-c2c(C#N)cccc2-n2c4ccccc4c4ccccc42)c13. The summed E-state index contributed by atoms with van der Waals surface area (Å²) in [6, 6.07) is 45.0. The van der Waals surface area contributed by atoms with Gasteiger partial charge in [0.05, 0.1) is 28.4 Å². The Bertz CT molecular complexity index is 2450. The molecule has 0 unspecified atom stereocenters. The Morgan fingerprint density at radius 3 is 2.05 bits per heavy atom. The lowest BCUT2D eigenvalue weighted by Crippen LogP contribution is -2.14. The van der Waals surface area contributed by atoms with Gasteiger partial charge in [-0.1, -0.05) is 92.7 Å². The van der Waals surface area contributed by atoms with Gasteiger partial charge in [-0.2, -0.15) is 5.26 Å². The number of furan rings is 1. The van der Waals surface area contributed by atoms with Crippen molar-refractivity contribution in [3.8, 4) is 34.0 Å². The summed E-state index contributed by atoms with van der Waals surface area (Å²) in [5.74, 6) is 0. The number of nitriles is 1. The number of hydrogen-bond acceptors (Lipinski definition) is 2. The molecule has 6 aromatic carbocycles. The molecular weight excluding hydrogens is 524 g/mol. The molecule has 0 radical (unpaired) electrons. The molecule has 0 N–H and O–H groups in total. The second-order valence-corrected chi connectivity index (χ2v) is 12.0. The number of rotatable bonds is 2. The number of para-hydroxylation sites is 2. The number of hydrogen-bond donors (Lipinski definition) is 0. The molecule has 0 fully saturated rings. The van der Waals surface area contributed by atoms with Crippen LogP contribution in [0.25, 0.3) is 71.7 Å². The van der Waals surface area contributed by atoms with Crippen LogP contribution in [-0.4, -0.2) is 4.57 Å². The Morgan fingerprint density at radius 2 is 1.28 bits per heavy atom. The first-order valence-electron chi connectivity index (χ1n) is 14.7. The van der Waals surface area contributed by atoms with Crippen LogP contribution in [0.3, 0.4) is 0 Å². The topological polar surface area (TPSA) is 41.9 Å². The maximum atomic E-state index is 10.5. The van der Waals surface area contributed by atoms with Crippen molar-refractivity contribution in [1.82, 2.24) is 4.57 Å². The van der Waals surface area contributed by atoms with Crippen LogP contribution in [0.1, 0.15) is 30.5 Å². The van der Waals surface area contributed by atoms with Crippen molar-refractivity contribution in [2.75, 3.05) is 0 Å². The van der Waals surface area contributed by atoms with Crippen molar-refractivity contribution in [2.24, 2.45) is 0 Å². The van der Waals surface area contributed by atoms with E-state index in [4.69, 9.17) is 4.42 Å². The third-order valence-corrected chi connectivity index (χ3v) is 9.45. The molecule has 0 saturated carbocycles. The average Bonchev–Trinajstić information content (AvgIpc) is 3.65. The molecule has 2 aromatic heterocycles. The van der Waals surface area contributed by atoms with Gasteiger partial charge < -0.3 is 8.98 Å². The molecule has 0 bridgehead atoms. The van der Waals surface area contributed by atoms with Gasteiger partial charge in [-0.25, -0.2) is 0 Å². The molecule has 43 heavy (non-hydrogen) atoms. The van der Waals surface area contributed by atoms with Crippen LogP contribution in [0.2, 0.25) is 0 Å². The average molecular weight is 551 g/mol. The van der Waals surface area contributed by atoms with E-state index in [0.29, 0.717) is 5.56 Å². The summed E-state index contributed by atoms with van der Waals surface area (Å²) in [7, 11) is 0. The third kappa shape index (κ3) is 3.13. The first-order valence-corrected chi connectivity index (χ1v) is 14.7. The van der Waals surface area contributed by atoms with Gasteiger partial charge in [-0.05, 0) is 70.3 Å². The zero-order valence-electron chi connectivity index (χ0n) is 23.8. The molecule has 0 aliphatic heterocycles. The Kier molecular flexibility index (Phi) is 4.74. The summed E-state index contributed by atoms with van der Waals surface area (Å²) in [4.78, 5) is 0. The van der Waals surface area contributed by atoms with E-state index < -0.39 is 0 Å². The van der Waals surface area contributed by atoms with Gasteiger partial charge in [-0.3, -0.25) is 0 Å². The summed E-state index contributed by atoms with van der Waals surface area (Å²) in [5, 5.41) is 15.0. The Hall–Kier alpha value is -5.59. The van der Waals surface area contributed by atoms with E-state index in [1.165, 1.54) is 33.0 Å². The molecule has 0 saturated heterocycles. The monoisotopic (exact) mass is 550 g/mol. The van der Waals surface area contributed by atoms with Crippen molar-refractivity contribution in [3.05, 3.63) is 138 Å². The number of benzene rings is 6.